The summed E-state index contributed by atoms with van der Waals surface area (Å²) < 4.78 is 55.9. The van der Waals surface area contributed by atoms with Gasteiger partial charge < -0.3 is 24.7 Å². The van der Waals surface area contributed by atoms with E-state index in [1.807, 2.05) is 18.2 Å². The highest BCUT2D eigenvalue weighted by Gasteiger charge is 2.35. The van der Waals surface area contributed by atoms with Crippen LogP contribution in [0.5, 0.6) is 11.5 Å². The van der Waals surface area contributed by atoms with Gasteiger partial charge >= 0.3 is 0 Å². The Kier molecular flexibility index (Phi) is 13.6. The van der Waals surface area contributed by atoms with Crippen molar-refractivity contribution in [1.29, 1.82) is 0 Å². The maximum Gasteiger partial charge on any atom is 0.293 e. The topological polar surface area (TPSA) is 175 Å². The summed E-state index contributed by atoms with van der Waals surface area (Å²) in [4.78, 5) is 39.5. The number of alkyl halides is 1. The molecule has 3 aliphatic heterocycles. The summed E-state index contributed by atoms with van der Waals surface area (Å²) in [5, 5.41) is 17.0. The summed E-state index contributed by atoms with van der Waals surface area (Å²) in [6.45, 7) is 10.4. The number of piperidine rings is 1. The number of likely N-dealkylation sites (tertiary alicyclic amines) is 1. The van der Waals surface area contributed by atoms with Gasteiger partial charge in [0.25, 0.3) is 21.6 Å². The van der Waals surface area contributed by atoms with Crippen molar-refractivity contribution < 1.29 is 32.0 Å². The summed E-state index contributed by atoms with van der Waals surface area (Å²) in [6.07, 6.45) is 7.24. The van der Waals surface area contributed by atoms with Crippen LogP contribution in [0.1, 0.15) is 68.3 Å². The van der Waals surface area contributed by atoms with Crippen LogP contribution in [0.4, 0.5) is 21.5 Å². The minimum absolute atomic E-state index is 0.0546. The van der Waals surface area contributed by atoms with Gasteiger partial charge in [-0.1, -0.05) is 43.2 Å². The second kappa shape index (κ2) is 19.6. The zero-order valence-corrected chi connectivity index (χ0v) is 39.3. The first-order valence-corrected chi connectivity index (χ1v) is 24.8. The van der Waals surface area contributed by atoms with Gasteiger partial charge in [0.1, 0.15) is 29.0 Å². The van der Waals surface area contributed by atoms with Gasteiger partial charge in [0.2, 0.25) is 0 Å². The number of rotatable bonds is 13. The molecule has 3 aromatic carbocycles. The van der Waals surface area contributed by atoms with E-state index < -0.39 is 37.6 Å². The van der Waals surface area contributed by atoms with E-state index in [0.717, 1.165) is 61.1 Å². The molecule has 3 saturated heterocycles. The Morgan fingerprint density at radius 3 is 2.54 bits per heavy atom. The van der Waals surface area contributed by atoms with E-state index >= 15 is 0 Å². The fourth-order valence-corrected chi connectivity index (χ4v) is 11.0. The predicted molar refractivity (Wildman–Crippen MR) is 257 cm³/mol. The molecule has 3 N–H and O–H groups in total. The van der Waals surface area contributed by atoms with Crippen LogP contribution in [0, 0.1) is 15.5 Å². The van der Waals surface area contributed by atoms with Gasteiger partial charge in [-0.05, 0) is 104 Å². The standard InChI is InChI=1S/C49H56ClFN8O7S/c1-49(2)16-11-34(41(28-49)32-3-5-35(50)6-4-32)30-56-20-22-57(23-21-56)37-7-9-40(46(26-37)66-38-25-33-12-17-52-47(33)53-29-38)48(60)55-67(63,64)39-8-10-43(45(27-39)59(61)62)54-36-13-18-58(19-14-36)44-15-24-65-31-42(44)51/h3-10,12,17,25-27,29,36,42,44,54H,11,13-16,18-24,28,30-31H2,1-2H3,(H,52,53)(H,55,60)/t42-,44?/m0/s1. The van der Waals surface area contributed by atoms with Crippen LogP contribution in [0.2, 0.25) is 5.02 Å². The number of piperazine rings is 1. The van der Waals surface area contributed by atoms with E-state index in [1.54, 1.807) is 24.4 Å². The van der Waals surface area contributed by atoms with Crippen molar-refractivity contribution in [2.24, 2.45) is 5.41 Å². The molecule has 4 aliphatic rings. The number of amides is 1. The van der Waals surface area contributed by atoms with Crippen LogP contribution in [-0.4, -0.2) is 116 Å². The first kappa shape index (κ1) is 46.5. The average Bonchev–Trinajstić information content (AvgIpc) is 3.79. The Morgan fingerprint density at radius 1 is 1.01 bits per heavy atom. The van der Waals surface area contributed by atoms with Crippen LogP contribution in [0.25, 0.3) is 16.6 Å². The molecule has 1 unspecified atom stereocenters. The number of nitrogens with one attached hydrogen (secondary N) is 3. The molecule has 15 nitrogen and oxygen atoms in total. The van der Waals surface area contributed by atoms with E-state index in [-0.39, 0.29) is 41.1 Å². The third-order valence-corrected chi connectivity index (χ3v) is 15.2. The molecule has 354 valence electrons. The van der Waals surface area contributed by atoms with Gasteiger partial charge in [-0.15, -0.1) is 0 Å². The summed E-state index contributed by atoms with van der Waals surface area (Å²) in [6, 6.07) is 20.0. The zero-order valence-electron chi connectivity index (χ0n) is 37.7. The maximum atomic E-state index is 14.5. The van der Waals surface area contributed by atoms with Crippen molar-refractivity contribution in [1.82, 2.24) is 24.5 Å². The smallest absolute Gasteiger partial charge is 0.293 e. The average molecular weight is 956 g/mol. The Labute approximate surface area is 394 Å². The molecule has 5 heterocycles. The van der Waals surface area contributed by atoms with Crippen molar-refractivity contribution in [2.75, 3.05) is 69.2 Å². The highest BCUT2D eigenvalue weighted by atomic mass is 35.5. The van der Waals surface area contributed by atoms with Crippen molar-refractivity contribution in [3.05, 3.63) is 117 Å². The fraction of sp³-hybridized carbons (Fsp3) is 0.429. The van der Waals surface area contributed by atoms with Gasteiger partial charge in [-0.25, -0.2) is 22.5 Å². The molecular weight excluding hydrogens is 899 g/mol. The number of pyridine rings is 1. The summed E-state index contributed by atoms with van der Waals surface area (Å²) in [5.41, 5.74) is 5.40. The van der Waals surface area contributed by atoms with Crippen molar-refractivity contribution in [3.63, 3.8) is 0 Å². The quantitative estimate of drug-likeness (QED) is 0.0757. The Morgan fingerprint density at radius 2 is 1.79 bits per heavy atom. The number of H-pyrrole nitrogens is 1. The van der Waals surface area contributed by atoms with Crippen LogP contribution in [-0.2, 0) is 14.8 Å². The number of benzene rings is 3. The Bertz CT molecular complexity index is 2770. The molecule has 3 fully saturated rings. The summed E-state index contributed by atoms with van der Waals surface area (Å²) >= 11 is 6.25. The number of hydrogen-bond donors (Lipinski definition) is 3. The zero-order chi connectivity index (χ0) is 46.9. The van der Waals surface area contributed by atoms with Crippen molar-refractivity contribution in [2.45, 2.75) is 75.5 Å². The minimum Gasteiger partial charge on any atom is -0.455 e. The number of sulfonamides is 1. The number of anilines is 2. The highest BCUT2D eigenvalue weighted by Crippen LogP contribution is 2.44. The number of nitrogens with zero attached hydrogens (tertiary/aromatic N) is 5. The second-order valence-corrected chi connectivity index (χ2v) is 21.0. The van der Waals surface area contributed by atoms with Gasteiger partial charge in [-0.3, -0.25) is 24.7 Å². The molecule has 9 rings (SSSR count). The van der Waals surface area contributed by atoms with Crippen molar-refractivity contribution >= 4 is 61.2 Å². The van der Waals surface area contributed by atoms with E-state index in [9.17, 15) is 27.7 Å². The van der Waals surface area contributed by atoms with Crippen LogP contribution >= 0.6 is 11.6 Å². The number of fused-ring (bicyclic) bond motifs is 1. The first-order valence-electron chi connectivity index (χ1n) is 23.0. The number of aromatic amines is 1. The van der Waals surface area contributed by atoms with Gasteiger partial charge in [0, 0.05) is 98.9 Å². The minimum atomic E-state index is -4.61. The number of allylic oxidation sites excluding steroid dienone is 1. The fourth-order valence-electron chi connectivity index (χ4n) is 9.87. The molecule has 5 aromatic rings. The lowest BCUT2D eigenvalue weighted by Crippen LogP contribution is -2.51. The molecule has 1 aliphatic carbocycles. The third kappa shape index (κ3) is 10.8. The number of nitro benzene ring substituents is 1. The number of nitro groups is 1. The Hall–Kier alpha value is -5.59. The first-order chi connectivity index (χ1) is 32.2. The highest BCUT2D eigenvalue weighted by molar-refractivity contribution is 7.90. The number of halogens is 2. The van der Waals surface area contributed by atoms with Gasteiger partial charge in [0.05, 0.1) is 28.2 Å². The van der Waals surface area contributed by atoms with E-state index in [1.165, 1.54) is 41.1 Å². The number of carbonyl (C=O) groups is 1. The summed E-state index contributed by atoms with van der Waals surface area (Å²) in [7, 11) is -4.61. The predicted octanol–water partition coefficient (Wildman–Crippen LogP) is 8.82. The molecule has 0 radical (unpaired) electrons. The van der Waals surface area contributed by atoms with E-state index in [2.05, 4.69) is 60.7 Å². The second-order valence-electron chi connectivity index (χ2n) is 18.8. The molecule has 1 amide bonds. The molecule has 2 atom stereocenters. The third-order valence-electron chi connectivity index (χ3n) is 13.7. The Balaban J connectivity index is 0.902. The normalized spacial score (nSPS) is 21.0. The molecule has 0 spiro atoms. The monoisotopic (exact) mass is 954 g/mol. The molecular formula is C49H56ClFN8O7S. The van der Waals surface area contributed by atoms with E-state index in [0.29, 0.717) is 63.4 Å². The maximum absolute atomic E-state index is 14.5. The molecule has 18 heteroatoms. The molecule has 67 heavy (non-hydrogen) atoms. The number of aromatic nitrogens is 2. The lowest BCUT2D eigenvalue weighted by Gasteiger charge is -2.40. The molecule has 2 aromatic heterocycles. The molecule has 0 saturated carbocycles. The lowest BCUT2D eigenvalue weighted by molar-refractivity contribution is -0.384. The lowest BCUT2D eigenvalue weighted by atomic mass is 9.72. The molecule has 0 bridgehead atoms. The summed E-state index contributed by atoms with van der Waals surface area (Å²) in [5.74, 6) is -0.521. The number of hydrogen-bond acceptors (Lipinski definition) is 12. The SMILES string of the molecule is CC1(C)CCC(CN2CCN(c3ccc(C(=O)NS(=O)(=O)c4ccc(NC5CCN(C6CCOC[C@@H]6F)CC5)c([N+](=O)[O-])c4)c(Oc4cnc5[nH]ccc5c4)c3)CC2)=C(c2ccc(Cl)cc2)C1. The van der Waals surface area contributed by atoms with Gasteiger partial charge in [-0.2, -0.15) is 0 Å². The van der Waals surface area contributed by atoms with Crippen LogP contribution in [0.15, 0.2) is 95.7 Å². The van der Waals surface area contributed by atoms with Crippen molar-refractivity contribution in [3.8, 4) is 11.5 Å². The number of carbonyl (C=O) groups excluding carboxylic acids is 1. The van der Waals surface area contributed by atoms with Crippen LogP contribution < -0.4 is 19.7 Å². The van der Waals surface area contributed by atoms with Crippen LogP contribution in [0.3, 0.4) is 0 Å². The van der Waals surface area contributed by atoms with E-state index in [4.69, 9.17) is 21.1 Å². The number of ether oxygens (including phenoxy) is 2. The largest absolute Gasteiger partial charge is 0.455 e. The van der Waals surface area contributed by atoms with Gasteiger partial charge in [0.15, 0.2) is 0 Å².